The second kappa shape index (κ2) is 7.62. The largest absolute Gasteiger partial charge is 0.334 e. The van der Waals surface area contributed by atoms with Gasteiger partial charge in [-0.3, -0.25) is 4.79 Å². The first kappa shape index (κ1) is 18.0. The highest BCUT2D eigenvalue weighted by Crippen LogP contribution is 2.27. The number of nitrogens with two attached hydrogens (primary N) is 1. The zero-order valence-corrected chi connectivity index (χ0v) is 15.5. The summed E-state index contributed by atoms with van der Waals surface area (Å²) in [4.78, 5) is 20.2. The summed E-state index contributed by atoms with van der Waals surface area (Å²) in [6, 6.07) is 6.51. The molecule has 2 unspecified atom stereocenters. The number of hydrogen-bond acceptors (Lipinski definition) is 4. The minimum Gasteiger partial charge on any atom is -0.334 e. The maximum Gasteiger partial charge on any atom is 0.266 e. The molecule has 2 N–H and O–H groups in total. The molecule has 1 aliphatic heterocycles. The summed E-state index contributed by atoms with van der Waals surface area (Å²) in [5, 5.41) is 0.877. The molecule has 0 radical (unpaired) electrons. The van der Waals surface area contributed by atoms with Crippen LogP contribution in [0.4, 0.5) is 4.39 Å². The van der Waals surface area contributed by atoms with E-state index in [0.29, 0.717) is 23.8 Å². The topological polar surface area (TPSA) is 59.2 Å². The number of nitrogens with zero attached hydrogens (tertiary/aromatic N) is 2. The maximum atomic E-state index is 13.0. The number of halogens is 1. The van der Waals surface area contributed by atoms with Crippen LogP contribution in [0.3, 0.4) is 0 Å². The number of benzene rings is 1. The lowest BCUT2D eigenvalue weighted by Crippen LogP contribution is -2.49. The summed E-state index contributed by atoms with van der Waals surface area (Å²) >= 11 is 1.44. The lowest BCUT2D eigenvalue weighted by Gasteiger charge is -2.37. The molecule has 1 amide bonds. The van der Waals surface area contributed by atoms with Crippen LogP contribution in [0.25, 0.3) is 0 Å². The first-order valence-corrected chi connectivity index (χ1v) is 9.51. The second-order valence-corrected chi connectivity index (χ2v) is 7.93. The number of hydrogen-bond donors (Lipinski definition) is 1. The monoisotopic (exact) mass is 361 g/mol. The zero-order valence-electron chi connectivity index (χ0n) is 14.7. The smallest absolute Gasteiger partial charge is 0.266 e. The van der Waals surface area contributed by atoms with Crippen molar-refractivity contribution in [2.45, 2.75) is 39.2 Å². The molecule has 1 fully saturated rings. The van der Waals surface area contributed by atoms with Gasteiger partial charge in [-0.25, -0.2) is 9.37 Å². The van der Waals surface area contributed by atoms with Crippen molar-refractivity contribution in [3.05, 3.63) is 51.2 Å². The first-order chi connectivity index (χ1) is 12.0. The Morgan fingerprint density at radius 3 is 2.80 bits per heavy atom. The Morgan fingerprint density at radius 2 is 2.12 bits per heavy atom. The third-order valence-electron chi connectivity index (χ3n) is 4.81. The second-order valence-electron chi connectivity index (χ2n) is 6.84. The average molecular weight is 361 g/mol. The Balaban J connectivity index is 1.77. The Bertz CT molecular complexity index is 744. The van der Waals surface area contributed by atoms with Crippen LogP contribution in [0.5, 0.6) is 0 Å². The van der Waals surface area contributed by atoms with Crippen molar-refractivity contribution >= 4 is 17.2 Å². The summed E-state index contributed by atoms with van der Waals surface area (Å²) in [5.41, 5.74) is 7.64. The van der Waals surface area contributed by atoms with Crippen molar-refractivity contribution < 1.29 is 9.18 Å². The van der Waals surface area contributed by atoms with Crippen molar-refractivity contribution in [1.82, 2.24) is 9.88 Å². The minimum atomic E-state index is -0.248. The first-order valence-electron chi connectivity index (χ1n) is 8.69. The third kappa shape index (κ3) is 4.07. The summed E-state index contributed by atoms with van der Waals surface area (Å²) in [7, 11) is 0. The SMILES string of the molecule is Cc1nc(Cc2ccc(F)cc2)sc1C(=O)N1CCC(C)CC1CN. The van der Waals surface area contributed by atoms with Gasteiger partial charge in [-0.05, 0) is 43.4 Å². The van der Waals surface area contributed by atoms with Crippen LogP contribution < -0.4 is 5.73 Å². The molecule has 0 spiro atoms. The number of piperidine rings is 1. The van der Waals surface area contributed by atoms with Gasteiger partial charge in [0.15, 0.2) is 0 Å². The maximum absolute atomic E-state index is 13.0. The van der Waals surface area contributed by atoms with E-state index in [1.54, 1.807) is 12.1 Å². The van der Waals surface area contributed by atoms with Crippen LogP contribution >= 0.6 is 11.3 Å². The lowest BCUT2D eigenvalue weighted by atomic mass is 9.92. The standard InChI is InChI=1S/C19H24FN3OS/c1-12-7-8-23(16(9-12)11-21)19(24)18-13(2)22-17(25-18)10-14-3-5-15(20)6-4-14/h3-6,12,16H,7-11,21H2,1-2H3. The van der Waals surface area contributed by atoms with Gasteiger partial charge in [0.25, 0.3) is 5.91 Å². The van der Waals surface area contributed by atoms with Gasteiger partial charge in [0.05, 0.1) is 10.7 Å². The Morgan fingerprint density at radius 1 is 1.40 bits per heavy atom. The Labute approximate surface area is 151 Å². The number of likely N-dealkylation sites (tertiary alicyclic amines) is 1. The molecule has 4 nitrogen and oxygen atoms in total. The van der Waals surface area contributed by atoms with E-state index in [2.05, 4.69) is 11.9 Å². The highest BCUT2D eigenvalue weighted by molar-refractivity contribution is 7.13. The summed E-state index contributed by atoms with van der Waals surface area (Å²) < 4.78 is 13.0. The number of aryl methyl sites for hydroxylation is 1. The van der Waals surface area contributed by atoms with E-state index in [-0.39, 0.29) is 17.8 Å². The fourth-order valence-electron chi connectivity index (χ4n) is 3.38. The molecule has 2 atom stereocenters. The normalized spacial score (nSPS) is 20.7. The van der Waals surface area contributed by atoms with Crippen molar-refractivity contribution in [2.75, 3.05) is 13.1 Å². The van der Waals surface area contributed by atoms with Crippen LogP contribution in [-0.2, 0) is 6.42 Å². The average Bonchev–Trinajstić information content (AvgIpc) is 2.96. The van der Waals surface area contributed by atoms with E-state index in [0.717, 1.165) is 35.7 Å². The van der Waals surface area contributed by atoms with E-state index >= 15 is 0 Å². The molecule has 6 heteroatoms. The van der Waals surface area contributed by atoms with Gasteiger partial charge >= 0.3 is 0 Å². The fraction of sp³-hybridized carbons (Fsp3) is 0.474. The predicted octanol–water partition coefficient (Wildman–Crippen LogP) is 3.38. The van der Waals surface area contributed by atoms with Crippen LogP contribution in [0.15, 0.2) is 24.3 Å². The number of carbonyl (C=O) groups excluding carboxylic acids is 1. The van der Waals surface area contributed by atoms with Crippen LogP contribution in [0, 0.1) is 18.7 Å². The van der Waals surface area contributed by atoms with Crippen LogP contribution in [0.1, 0.15) is 45.7 Å². The minimum absolute atomic E-state index is 0.0442. The molecule has 1 aliphatic rings. The fourth-order valence-corrected chi connectivity index (χ4v) is 4.43. The Kier molecular flexibility index (Phi) is 5.49. The van der Waals surface area contributed by atoms with Gasteiger partial charge < -0.3 is 10.6 Å². The quantitative estimate of drug-likeness (QED) is 0.908. The Hall–Kier alpha value is -1.79. The van der Waals surface area contributed by atoms with Gasteiger partial charge in [0.2, 0.25) is 0 Å². The van der Waals surface area contributed by atoms with Crippen LogP contribution in [-0.4, -0.2) is 34.9 Å². The van der Waals surface area contributed by atoms with Crippen molar-refractivity contribution in [3.8, 4) is 0 Å². The van der Waals surface area contributed by atoms with Crippen molar-refractivity contribution in [3.63, 3.8) is 0 Å². The van der Waals surface area contributed by atoms with Crippen LogP contribution in [0.2, 0.25) is 0 Å². The zero-order chi connectivity index (χ0) is 18.0. The molecule has 1 aromatic heterocycles. The number of carbonyl (C=O) groups is 1. The summed E-state index contributed by atoms with van der Waals surface area (Å²) in [5.74, 6) is 0.402. The van der Waals surface area contributed by atoms with E-state index < -0.39 is 0 Å². The van der Waals surface area contributed by atoms with Gasteiger partial charge in [0, 0.05) is 25.6 Å². The molecule has 2 aromatic rings. The highest BCUT2D eigenvalue weighted by Gasteiger charge is 2.31. The number of aromatic nitrogens is 1. The number of amides is 1. The van der Waals surface area contributed by atoms with Gasteiger partial charge in [0.1, 0.15) is 10.7 Å². The predicted molar refractivity (Wildman–Crippen MR) is 98.3 cm³/mol. The molecular formula is C19H24FN3OS. The summed E-state index contributed by atoms with van der Waals surface area (Å²) in [6.07, 6.45) is 2.58. The highest BCUT2D eigenvalue weighted by atomic mass is 32.1. The number of thiazole rings is 1. The molecule has 25 heavy (non-hydrogen) atoms. The van der Waals surface area contributed by atoms with Crippen molar-refractivity contribution in [2.24, 2.45) is 11.7 Å². The molecule has 3 rings (SSSR count). The third-order valence-corrected chi connectivity index (χ3v) is 5.96. The molecule has 1 saturated heterocycles. The molecule has 0 bridgehead atoms. The molecule has 134 valence electrons. The molecular weight excluding hydrogens is 337 g/mol. The van der Waals surface area contributed by atoms with Gasteiger partial charge in [-0.15, -0.1) is 11.3 Å². The molecule has 1 aromatic carbocycles. The van der Waals surface area contributed by atoms with Gasteiger partial charge in [-0.1, -0.05) is 19.1 Å². The number of rotatable bonds is 4. The van der Waals surface area contributed by atoms with Gasteiger partial charge in [-0.2, -0.15) is 0 Å². The van der Waals surface area contributed by atoms with E-state index in [1.165, 1.54) is 23.5 Å². The molecule has 0 saturated carbocycles. The van der Waals surface area contributed by atoms with Crippen molar-refractivity contribution in [1.29, 1.82) is 0 Å². The summed E-state index contributed by atoms with van der Waals surface area (Å²) in [6.45, 7) is 5.34. The lowest BCUT2D eigenvalue weighted by molar-refractivity contribution is 0.0577. The molecule has 0 aliphatic carbocycles. The molecule has 2 heterocycles. The van der Waals surface area contributed by atoms with E-state index in [9.17, 15) is 9.18 Å². The van der Waals surface area contributed by atoms with E-state index in [4.69, 9.17) is 5.73 Å². The van der Waals surface area contributed by atoms with E-state index in [1.807, 2.05) is 11.8 Å².